The Morgan fingerprint density at radius 2 is 0.803 bits per heavy atom. The molecule has 0 saturated heterocycles. The lowest BCUT2D eigenvalue weighted by molar-refractivity contribution is 0.442. The Morgan fingerprint density at radius 3 is 1.38 bits per heavy atom. The number of benzene rings is 10. The van der Waals surface area contributed by atoms with E-state index >= 15 is 0 Å². The molecule has 0 N–H and O–H groups in total. The first-order valence-electron chi connectivity index (χ1n) is 26.9. The summed E-state index contributed by atoms with van der Waals surface area (Å²) in [6.07, 6.45) is 9.51. The van der Waals surface area contributed by atoms with Crippen LogP contribution in [0.25, 0.3) is 33.4 Å². The van der Waals surface area contributed by atoms with Crippen molar-refractivity contribution in [3.05, 3.63) is 299 Å². The summed E-state index contributed by atoms with van der Waals surface area (Å²) in [7, 11) is 0. The summed E-state index contributed by atoms with van der Waals surface area (Å²) in [5.41, 5.74) is 24.9. The van der Waals surface area contributed by atoms with Crippen molar-refractivity contribution in [3.63, 3.8) is 0 Å². The number of para-hydroxylation sites is 1. The lowest BCUT2D eigenvalue weighted by atomic mass is 9.62. The minimum absolute atomic E-state index is 0.0974. The molecule has 10 aromatic carbocycles. The van der Waals surface area contributed by atoms with Gasteiger partial charge in [0.1, 0.15) is 0 Å². The third-order valence-electron chi connectivity index (χ3n) is 17.8. The van der Waals surface area contributed by atoms with Crippen molar-refractivity contribution >= 4 is 45.9 Å². The van der Waals surface area contributed by atoms with Crippen molar-refractivity contribution in [2.45, 2.75) is 59.6 Å². The molecule has 5 aliphatic rings. The number of hydrogen-bond acceptors (Lipinski definition) is 3. The molecule has 1 spiro atoms. The summed E-state index contributed by atoms with van der Waals surface area (Å²) in [5, 5.41) is 0. The summed E-state index contributed by atoms with van der Waals surface area (Å²) < 4.78 is 0. The maximum absolute atomic E-state index is 2.58. The normalized spacial score (nSPS) is 17.6. The molecule has 0 aromatic heterocycles. The van der Waals surface area contributed by atoms with E-state index in [0.717, 1.165) is 28.4 Å². The van der Waals surface area contributed by atoms with Gasteiger partial charge in [-0.15, -0.1) is 0 Å². The fourth-order valence-corrected chi connectivity index (χ4v) is 15.5. The van der Waals surface area contributed by atoms with E-state index in [1.54, 1.807) is 0 Å². The Bertz CT molecular complexity index is 4000. The number of anilines is 6. The highest BCUT2D eigenvalue weighted by Crippen LogP contribution is 2.67. The lowest BCUT2D eigenvalue weighted by Crippen LogP contribution is -2.38. The second kappa shape index (κ2) is 16.8. The second-order valence-electron chi connectivity index (χ2n) is 22.4. The van der Waals surface area contributed by atoms with E-state index in [1.807, 2.05) is 11.8 Å². The molecule has 1 heterocycles. The minimum Gasteiger partial charge on any atom is -0.310 e. The van der Waals surface area contributed by atoms with Crippen LogP contribution in [-0.2, 0) is 16.2 Å². The summed E-state index contributed by atoms with van der Waals surface area (Å²) in [6.45, 7) is 9.50. The molecule has 2 unspecified atom stereocenters. The summed E-state index contributed by atoms with van der Waals surface area (Å²) >= 11 is 1.91. The first kappa shape index (κ1) is 45.1. The third-order valence-corrected chi connectivity index (χ3v) is 18.9. The van der Waals surface area contributed by atoms with Crippen LogP contribution in [0.15, 0.2) is 265 Å². The Kier molecular flexibility index (Phi) is 9.97. The zero-order valence-corrected chi connectivity index (χ0v) is 44.0. The standard InChI is InChI=1S/C73H56N2S/c1-71(2)60-25-11-8-21-54(60)57-43-41-52(45-65(57)71)74(49-19-6-5-7-20-49)50-37-33-47(34-38-50)48-35-39-51(40-36-48)75(53-42-44-58-55-22-9-12-26-61(55)72(3,4)66(58)46-53)67-30-18-24-59-56-23-10-13-27-62(56)73(70(59)67)63-28-14-16-31-68(63)76-69-32-17-15-29-64(69)73/h5-46,56,62H,1-4H3. The van der Waals surface area contributed by atoms with Gasteiger partial charge in [0.15, 0.2) is 0 Å². The second-order valence-corrected chi connectivity index (χ2v) is 23.4. The van der Waals surface area contributed by atoms with Gasteiger partial charge < -0.3 is 9.80 Å². The van der Waals surface area contributed by atoms with Crippen LogP contribution in [0.1, 0.15) is 78.1 Å². The molecule has 2 atom stereocenters. The van der Waals surface area contributed by atoms with Gasteiger partial charge in [-0.25, -0.2) is 0 Å². The van der Waals surface area contributed by atoms with Crippen molar-refractivity contribution in [1.29, 1.82) is 0 Å². The summed E-state index contributed by atoms with van der Waals surface area (Å²) in [6, 6.07) is 87.0. The van der Waals surface area contributed by atoms with Gasteiger partial charge in [0.05, 0.1) is 11.1 Å². The molecule has 0 fully saturated rings. The maximum atomic E-state index is 2.58. The molecule has 10 aromatic rings. The highest BCUT2D eigenvalue weighted by molar-refractivity contribution is 7.99. The van der Waals surface area contributed by atoms with Gasteiger partial charge >= 0.3 is 0 Å². The Balaban J connectivity index is 0.870. The van der Waals surface area contributed by atoms with Crippen LogP contribution < -0.4 is 9.80 Å². The molecule has 0 saturated carbocycles. The number of rotatable bonds is 7. The van der Waals surface area contributed by atoms with Gasteiger partial charge in [-0.05, 0) is 157 Å². The topological polar surface area (TPSA) is 6.48 Å². The van der Waals surface area contributed by atoms with E-state index in [-0.39, 0.29) is 22.7 Å². The Hall–Kier alpha value is -8.37. The predicted octanol–water partition coefficient (Wildman–Crippen LogP) is 19.5. The molecule has 0 bridgehead atoms. The highest BCUT2D eigenvalue weighted by atomic mass is 32.2. The van der Waals surface area contributed by atoms with Crippen molar-refractivity contribution < 1.29 is 0 Å². The predicted molar refractivity (Wildman–Crippen MR) is 318 cm³/mol. The molecular formula is C73H56N2S. The fourth-order valence-electron chi connectivity index (χ4n) is 14.3. The van der Waals surface area contributed by atoms with Gasteiger partial charge in [0.25, 0.3) is 0 Å². The van der Waals surface area contributed by atoms with Crippen molar-refractivity contribution in [2.24, 2.45) is 5.92 Å². The zero-order valence-electron chi connectivity index (χ0n) is 43.2. The van der Waals surface area contributed by atoms with Crippen LogP contribution in [0.4, 0.5) is 34.1 Å². The van der Waals surface area contributed by atoms with E-state index in [1.165, 1.54) is 93.4 Å². The van der Waals surface area contributed by atoms with Gasteiger partial charge in [0, 0.05) is 60.9 Å². The van der Waals surface area contributed by atoms with Crippen LogP contribution in [0.2, 0.25) is 0 Å². The SMILES string of the molecule is CC1(C)c2ccccc2-c2ccc(N(c3ccccc3)c3ccc(-c4ccc(N(c5ccc6c(c5)C(C)(C)c5ccccc5-6)c5cccc6c5C5(c7ccccc7Sc7ccccc75)C5C=CC=CC65)cc4)cc3)cc21. The largest absolute Gasteiger partial charge is 0.310 e. The van der Waals surface area contributed by atoms with Gasteiger partial charge in [-0.3, -0.25) is 0 Å². The molecule has 4 aliphatic carbocycles. The van der Waals surface area contributed by atoms with Crippen LogP contribution >= 0.6 is 11.8 Å². The number of hydrogen-bond donors (Lipinski definition) is 0. The maximum Gasteiger partial charge on any atom is 0.0568 e. The molecule has 76 heavy (non-hydrogen) atoms. The van der Waals surface area contributed by atoms with E-state index in [9.17, 15) is 0 Å². The fraction of sp³-hybridized carbons (Fsp3) is 0.123. The van der Waals surface area contributed by atoms with E-state index in [0.29, 0.717) is 0 Å². The van der Waals surface area contributed by atoms with Crippen LogP contribution in [0, 0.1) is 5.92 Å². The van der Waals surface area contributed by atoms with E-state index in [2.05, 4.69) is 292 Å². The molecule has 364 valence electrons. The molecule has 0 amide bonds. The van der Waals surface area contributed by atoms with Crippen molar-refractivity contribution in [1.82, 2.24) is 0 Å². The molecule has 2 nitrogen and oxygen atoms in total. The first-order chi connectivity index (χ1) is 37.2. The Morgan fingerprint density at radius 1 is 0.355 bits per heavy atom. The number of nitrogens with zero attached hydrogens (tertiary/aromatic N) is 2. The molecule has 15 rings (SSSR count). The van der Waals surface area contributed by atoms with Crippen molar-refractivity contribution in [2.75, 3.05) is 9.80 Å². The monoisotopic (exact) mass is 992 g/mol. The molecular weight excluding hydrogens is 937 g/mol. The molecule has 1 aliphatic heterocycles. The van der Waals surface area contributed by atoms with E-state index in [4.69, 9.17) is 0 Å². The van der Waals surface area contributed by atoms with Gasteiger partial charge in [-0.1, -0.05) is 215 Å². The van der Waals surface area contributed by atoms with Gasteiger partial charge in [-0.2, -0.15) is 0 Å². The third kappa shape index (κ3) is 6.42. The minimum atomic E-state index is -0.433. The molecule has 0 radical (unpaired) electrons. The summed E-state index contributed by atoms with van der Waals surface area (Å²) in [5.74, 6) is 0.413. The van der Waals surface area contributed by atoms with E-state index < -0.39 is 5.41 Å². The smallest absolute Gasteiger partial charge is 0.0568 e. The average molecular weight is 993 g/mol. The quantitative estimate of drug-likeness (QED) is 0.157. The van der Waals surface area contributed by atoms with Crippen LogP contribution in [-0.4, -0.2) is 0 Å². The van der Waals surface area contributed by atoms with Crippen molar-refractivity contribution in [3.8, 4) is 33.4 Å². The summed E-state index contributed by atoms with van der Waals surface area (Å²) in [4.78, 5) is 7.64. The van der Waals surface area contributed by atoms with Crippen LogP contribution in [0.5, 0.6) is 0 Å². The lowest BCUT2D eigenvalue weighted by Gasteiger charge is -2.44. The Labute approximate surface area is 451 Å². The number of fused-ring (bicyclic) bond motifs is 15. The highest BCUT2D eigenvalue weighted by Gasteiger charge is 2.57. The van der Waals surface area contributed by atoms with Crippen LogP contribution in [0.3, 0.4) is 0 Å². The zero-order chi connectivity index (χ0) is 50.9. The number of allylic oxidation sites excluding steroid dienone is 4. The van der Waals surface area contributed by atoms with Gasteiger partial charge in [0.2, 0.25) is 0 Å². The average Bonchev–Trinajstić information content (AvgIpc) is 4.06. The molecule has 3 heteroatoms. The first-order valence-corrected chi connectivity index (χ1v) is 27.7.